The molecule has 1 unspecified atom stereocenters. The van der Waals surface area contributed by atoms with E-state index >= 15 is 0 Å². The van der Waals surface area contributed by atoms with Crippen LogP contribution in [0.2, 0.25) is 5.02 Å². The monoisotopic (exact) mass is 271 g/mol. The summed E-state index contributed by atoms with van der Waals surface area (Å²) < 4.78 is 0. The molecule has 0 aliphatic rings. The molecule has 2 heterocycles. The minimum atomic E-state index is -0.802. The van der Waals surface area contributed by atoms with Gasteiger partial charge in [0, 0.05) is 29.5 Å². The van der Waals surface area contributed by atoms with Crippen LogP contribution in [0.1, 0.15) is 17.2 Å². The Hall–Kier alpha value is -2.04. The van der Waals surface area contributed by atoms with Crippen LogP contribution in [-0.2, 0) is 0 Å². The van der Waals surface area contributed by atoms with Crippen LogP contribution in [0.3, 0.4) is 0 Å². The highest BCUT2D eigenvalue weighted by atomic mass is 35.5. The fourth-order valence-electron chi connectivity index (χ4n) is 1.97. The quantitative estimate of drug-likeness (QED) is 0.779. The number of halogens is 1. The van der Waals surface area contributed by atoms with Gasteiger partial charge in [0.25, 0.3) is 0 Å². The van der Waals surface area contributed by atoms with Crippen LogP contribution in [-0.4, -0.2) is 20.1 Å². The molecular formula is C14H10ClN3O. The molecule has 0 amide bonds. The van der Waals surface area contributed by atoms with Gasteiger partial charge in [0.15, 0.2) is 0 Å². The lowest BCUT2D eigenvalue weighted by Gasteiger charge is -2.12. The largest absolute Gasteiger partial charge is 0.384 e. The van der Waals surface area contributed by atoms with Gasteiger partial charge >= 0.3 is 0 Å². The van der Waals surface area contributed by atoms with Gasteiger partial charge in [-0.2, -0.15) is 0 Å². The highest BCUT2D eigenvalue weighted by molar-refractivity contribution is 6.35. The Morgan fingerprint density at radius 2 is 1.89 bits per heavy atom. The van der Waals surface area contributed by atoms with E-state index in [0.717, 1.165) is 10.9 Å². The molecule has 0 fully saturated rings. The van der Waals surface area contributed by atoms with E-state index in [4.69, 9.17) is 11.6 Å². The van der Waals surface area contributed by atoms with Gasteiger partial charge in [0.2, 0.25) is 0 Å². The predicted molar refractivity (Wildman–Crippen MR) is 72.8 cm³/mol. The van der Waals surface area contributed by atoms with Crippen molar-refractivity contribution in [3.63, 3.8) is 0 Å². The molecule has 0 radical (unpaired) electrons. The lowest BCUT2D eigenvalue weighted by Crippen LogP contribution is -2.01. The number of rotatable bonds is 2. The van der Waals surface area contributed by atoms with Crippen LogP contribution in [0, 0.1) is 0 Å². The molecule has 0 bridgehead atoms. The number of pyridine rings is 1. The number of aliphatic hydroxyl groups excluding tert-OH is 1. The Labute approximate surface area is 114 Å². The predicted octanol–water partition coefficient (Wildman–Crippen LogP) is 2.76. The smallest absolute Gasteiger partial charge is 0.115 e. The van der Waals surface area contributed by atoms with E-state index in [9.17, 15) is 5.11 Å². The maximum Gasteiger partial charge on any atom is 0.115 e. The van der Waals surface area contributed by atoms with Crippen molar-refractivity contribution in [3.05, 3.63) is 65.3 Å². The molecule has 1 atom stereocenters. The molecule has 0 spiro atoms. The summed E-state index contributed by atoms with van der Waals surface area (Å²) in [6.07, 6.45) is 5.48. The van der Waals surface area contributed by atoms with Crippen molar-refractivity contribution in [1.82, 2.24) is 15.0 Å². The lowest BCUT2D eigenvalue weighted by atomic mass is 10.0. The molecule has 4 nitrogen and oxygen atoms in total. The zero-order valence-electron chi connectivity index (χ0n) is 9.86. The highest BCUT2D eigenvalue weighted by Crippen LogP contribution is 2.29. The summed E-state index contributed by atoms with van der Waals surface area (Å²) in [5.41, 5.74) is 2.05. The van der Waals surface area contributed by atoms with Gasteiger partial charge in [-0.05, 0) is 23.8 Å². The minimum absolute atomic E-state index is 0.518. The van der Waals surface area contributed by atoms with Gasteiger partial charge in [0.05, 0.1) is 10.5 Å². The SMILES string of the molecule is OC(c1cncnc1)c1cc(Cl)c2ncccc2c1. The molecule has 19 heavy (non-hydrogen) atoms. The molecule has 0 saturated carbocycles. The van der Waals surface area contributed by atoms with Crippen LogP contribution in [0.4, 0.5) is 0 Å². The summed E-state index contributed by atoms with van der Waals surface area (Å²) in [6.45, 7) is 0. The van der Waals surface area contributed by atoms with Crippen LogP contribution in [0.15, 0.2) is 49.2 Å². The first-order valence-electron chi connectivity index (χ1n) is 5.73. The molecule has 0 aliphatic carbocycles. The van der Waals surface area contributed by atoms with Crippen molar-refractivity contribution in [1.29, 1.82) is 0 Å². The van der Waals surface area contributed by atoms with E-state index < -0.39 is 6.10 Å². The van der Waals surface area contributed by atoms with Gasteiger partial charge in [-0.15, -0.1) is 0 Å². The number of hydrogen-bond donors (Lipinski definition) is 1. The number of aromatic nitrogens is 3. The van der Waals surface area contributed by atoms with Crippen molar-refractivity contribution in [2.45, 2.75) is 6.10 Å². The fraction of sp³-hybridized carbons (Fsp3) is 0.0714. The molecule has 1 N–H and O–H groups in total. The van der Waals surface area contributed by atoms with Crippen LogP contribution < -0.4 is 0 Å². The van der Waals surface area contributed by atoms with Gasteiger partial charge in [-0.25, -0.2) is 9.97 Å². The van der Waals surface area contributed by atoms with E-state index in [-0.39, 0.29) is 0 Å². The first-order valence-corrected chi connectivity index (χ1v) is 6.10. The number of aliphatic hydroxyl groups is 1. The first-order chi connectivity index (χ1) is 9.25. The zero-order valence-corrected chi connectivity index (χ0v) is 10.6. The molecule has 3 rings (SSSR count). The maximum absolute atomic E-state index is 10.3. The number of benzene rings is 1. The number of fused-ring (bicyclic) bond motifs is 1. The summed E-state index contributed by atoms with van der Waals surface area (Å²) in [6, 6.07) is 7.33. The molecule has 0 aliphatic heterocycles. The zero-order chi connectivity index (χ0) is 13.2. The van der Waals surface area contributed by atoms with E-state index in [1.54, 1.807) is 24.7 Å². The van der Waals surface area contributed by atoms with Crippen molar-refractivity contribution in [2.24, 2.45) is 0 Å². The normalized spacial score (nSPS) is 12.5. The maximum atomic E-state index is 10.3. The Balaban J connectivity index is 2.11. The Kier molecular flexibility index (Phi) is 3.11. The molecule has 5 heteroatoms. The Morgan fingerprint density at radius 3 is 2.68 bits per heavy atom. The summed E-state index contributed by atoms with van der Waals surface area (Å²) in [5, 5.41) is 11.7. The van der Waals surface area contributed by atoms with E-state index in [1.807, 2.05) is 18.2 Å². The van der Waals surface area contributed by atoms with Crippen molar-refractivity contribution >= 4 is 22.5 Å². The van der Waals surface area contributed by atoms with Crippen LogP contribution in [0.5, 0.6) is 0 Å². The van der Waals surface area contributed by atoms with Crippen molar-refractivity contribution < 1.29 is 5.11 Å². The summed E-state index contributed by atoms with van der Waals surface area (Å²) in [7, 11) is 0. The van der Waals surface area contributed by atoms with Gasteiger partial charge < -0.3 is 5.11 Å². The van der Waals surface area contributed by atoms with Crippen molar-refractivity contribution in [2.75, 3.05) is 0 Å². The summed E-state index contributed by atoms with van der Waals surface area (Å²) in [4.78, 5) is 12.0. The molecular weight excluding hydrogens is 262 g/mol. The van der Waals surface area contributed by atoms with E-state index in [2.05, 4.69) is 15.0 Å². The third-order valence-electron chi connectivity index (χ3n) is 2.89. The van der Waals surface area contributed by atoms with E-state index in [1.165, 1.54) is 6.33 Å². The van der Waals surface area contributed by atoms with Crippen molar-refractivity contribution in [3.8, 4) is 0 Å². The molecule has 1 aromatic carbocycles. The number of hydrogen-bond acceptors (Lipinski definition) is 4. The lowest BCUT2D eigenvalue weighted by molar-refractivity contribution is 0.219. The minimum Gasteiger partial charge on any atom is -0.384 e. The topological polar surface area (TPSA) is 58.9 Å². The second-order valence-electron chi connectivity index (χ2n) is 4.15. The second-order valence-corrected chi connectivity index (χ2v) is 4.56. The summed E-state index contributed by atoms with van der Waals surface area (Å²) >= 11 is 6.19. The fourth-order valence-corrected chi connectivity index (χ4v) is 2.26. The standard InChI is InChI=1S/C14H10ClN3O/c15-12-5-10(4-9-2-1-3-18-13(9)12)14(19)11-6-16-8-17-7-11/h1-8,14,19H. The van der Waals surface area contributed by atoms with Crippen LogP contribution in [0.25, 0.3) is 10.9 Å². The molecule has 2 aromatic heterocycles. The molecule has 94 valence electrons. The average molecular weight is 272 g/mol. The third-order valence-corrected chi connectivity index (χ3v) is 3.18. The van der Waals surface area contributed by atoms with Gasteiger partial charge in [0.1, 0.15) is 12.4 Å². The third kappa shape index (κ3) is 2.28. The van der Waals surface area contributed by atoms with E-state index in [0.29, 0.717) is 16.1 Å². The Bertz CT molecular complexity index is 718. The first kappa shape index (κ1) is 12.0. The van der Waals surface area contributed by atoms with Gasteiger partial charge in [-0.1, -0.05) is 17.7 Å². The van der Waals surface area contributed by atoms with Gasteiger partial charge in [-0.3, -0.25) is 4.98 Å². The van der Waals surface area contributed by atoms with Crippen LogP contribution >= 0.6 is 11.6 Å². The summed E-state index contributed by atoms with van der Waals surface area (Å²) in [5.74, 6) is 0. The number of nitrogens with zero attached hydrogens (tertiary/aromatic N) is 3. The molecule has 3 aromatic rings. The second kappa shape index (κ2) is 4.91. The Morgan fingerprint density at radius 1 is 1.11 bits per heavy atom. The molecule has 0 saturated heterocycles. The average Bonchev–Trinajstić information content (AvgIpc) is 2.47. The highest BCUT2D eigenvalue weighted by Gasteiger charge is 2.13.